The van der Waals surface area contributed by atoms with Gasteiger partial charge >= 0.3 is 0 Å². The van der Waals surface area contributed by atoms with Crippen LogP contribution in [-0.4, -0.2) is 53.9 Å². The van der Waals surface area contributed by atoms with Gasteiger partial charge < -0.3 is 10.2 Å². The Kier molecular flexibility index (Phi) is 6.21. The molecule has 1 aliphatic carbocycles. The minimum atomic E-state index is -0.301. The van der Waals surface area contributed by atoms with Crippen LogP contribution in [0.15, 0.2) is 67.4 Å². The van der Waals surface area contributed by atoms with E-state index in [1.807, 2.05) is 43.8 Å². The summed E-state index contributed by atoms with van der Waals surface area (Å²) in [5, 5.41) is 22.3. The van der Waals surface area contributed by atoms with E-state index in [1.165, 1.54) is 0 Å². The van der Waals surface area contributed by atoms with Crippen LogP contribution in [0.3, 0.4) is 0 Å². The number of hydrogen-bond acceptors (Lipinski definition) is 7. The lowest BCUT2D eigenvalue weighted by Crippen LogP contribution is -2.45. The van der Waals surface area contributed by atoms with E-state index in [-0.39, 0.29) is 17.1 Å². The highest BCUT2D eigenvalue weighted by Crippen LogP contribution is 2.45. The number of hydrogen-bond donors (Lipinski definition) is 1. The molecule has 0 spiro atoms. The molecule has 210 valence electrons. The minimum absolute atomic E-state index is 0.226. The van der Waals surface area contributed by atoms with Crippen LogP contribution in [0, 0.1) is 23.2 Å². The predicted octanol–water partition coefficient (Wildman–Crippen LogP) is 4.75. The summed E-state index contributed by atoms with van der Waals surface area (Å²) in [5.74, 6) is 1.60. The number of carbonyl (C=O) groups is 1. The number of halogens is 1. The van der Waals surface area contributed by atoms with Gasteiger partial charge in [-0.25, -0.2) is 14.5 Å². The molecule has 1 amide bonds. The summed E-state index contributed by atoms with van der Waals surface area (Å²) in [6.45, 7) is 3.88. The van der Waals surface area contributed by atoms with E-state index in [9.17, 15) is 10.1 Å². The molecule has 3 atom stereocenters. The van der Waals surface area contributed by atoms with Gasteiger partial charge in [0, 0.05) is 67.2 Å². The third-order valence-electron chi connectivity index (χ3n) is 8.52. The highest BCUT2D eigenvalue weighted by Gasteiger charge is 2.47. The highest BCUT2D eigenvalue weighted by molar-refractivity contribution is 6.33. The fourth-order valence-corrected chi connectivity index (χ4v) is 6.89. The van der Waals surface area contributed by atoms with Crippen LogP contribution in [0.25, 0.3) is 27.9 Å². The van der Waals surface area contributed by atoms with Crippen molar-refractivity contribution < 1.29 is 4.79 Å². The number of rotatable bonds is 5. The Morgan fingerprint density at radius 2 is 1.93 bits per heavy atom. The molecule has 0 radical (unpaired) electrons. The summed E-state index contributed by atoms with van der Waals surface area (Å²) in [6.07, 6.45) is 10.6. The Labute approximate surface area is 247 Å². The van der Waals surface area contributed by atoms with Gasteiger partial charge in [0.2, 0.25) is 0 Å². The lowest BCUT2D eigenvalue weighted by molar-refractivity contribution is 0.0900. The second-order valence-corrected chi connectivity index (χ2v) is 12.0. The van der Waals surface area contributed by atoms with Crippen molar-refractivity contribution in [1.29, 1.82) is 5.26 Å². The molecule has 10 nitrogen and oxygen atoms in total. The Bertz CT molecular complexity index is 1860. The number of fused-ring (bicyclic) bond motifs is 2. The van der Waals surface area contributed by atoms with Crippen molar-refractivity contribution in [3.05, 3.63) is 83.7 Å². The maximum absolute atomic E-state index is 12.9. The molecule has 1 N–H and O–H groups in total. The number of carbonyl (C=O) groups excluding carboxylic acids is 1. The molecule has 1 unspecified atom stereocenters. The van der Waals surface area contributed by atoms with E-state index in [2.05, 4.69) is 44.5 Å². The Hall–Kier alpha value is -4.75. The summed E-state index contributed by atoms with van der Waals surface area (Å²) >= 11 is 6.20. The second kappa shape index (κ2) is 9.96. The number of pyridine rings is 3. The quantitative estimate of drug-likeness (QED) is 0.320. The lowest BCUT2D eigenvalue weighted by Gasteiger charge is -2.28. The third kappa shape index (κ3) is 4.56. The fourth-order valence-electron chi connectivity index (χ4n) is 6.68. The molecular weight excluding hydrogens is 550 g/mol. The molecule has 1 saturated heterocycles. The Balaban J connectivity index is 1.09. The zero-order valence-electron chi connectivity index (χ0n) is 23.2. The molecule has 2 fully saturated rings. The molecule has 1 saturated carbocycles. The van der Waals surface area contributed by atoms with Crippen molar-refractivity contribution in [2.75, 3.05) is 18.0 Å². The van der Waals surface area contributed by atoms with Gasteiger partial charge in [-0.1, -0.05) is 11.6 Å². The molecule has 5 aromatic rings. The molecular formula is C31H28ClN9O. The molecule has 2 aliphatic rings. The number of aryl methyl sites for hydroxylation is 1. The van der Waals surface area contributed by atoms with E-state index >= 15 is 0 Å². The van der Waals surface area contributed by atoms with Crippen LogP contribution in [-0.2, 0) is 7.05 Å². The van der Waals surface area contributed by atoms with Crippen molar-refractivity contribution in [1.82, 2.24) is 34.7 Å². The first-order valence-corrected chi connectivity index (χ1v) is 14.2. The van der Waals surface area contributed by atoms with Gasteiger partial charge in [0.25, 0.3) is 5.91 Å². The monoisotopic (exact) mass is 577 g/mol. The van der Waals surface area contributed by atoms with Gasteiger partial charge in [0.05, 0.1) is 28.0 Å². The standard InChI is InChI=1S/C31H28ClN9O/c1-31(37-30(42)28-25(32)4-3-8-34-28)11-21-16-40(17-22(21)12-31)27-6-5-19(14-35-27)24-10-20(26-7-9-39(2)38-26)18-41-29(24)23(13-33)15-36-41/h3-10,14-15,18,21-22H,11-12,16-17H2,1-2H3,(H,37,42)/t21-,22+,31?. The maximum atomic E-state index is 12.9. The molecule has 7 rings (SSSR count). The average Bonchev–Trinajstić information content (AvgIpc) is 3.75. The fraction of sp³-hybridized carbons (Fsp3) is 0.290. The van der Waals surface area contributed by atoms with Crippen molar-refractivity contribution >= 4 is 28.8 Å². The average molecular weight is 578 g/mol. The number of aromatic nitrogens is 6. The number of nitrogens with one attached hydrogen (secondary N) is 1. The van der Waals surface area contributed by atoms with E-state index in [4.69, 9.17) is 16.6 Å². The van der Waals surface area contributed by atoms with Gasteiger partial charge in [-0.3, -0.25) is 9.48 Å². The Morgan fingerprint density at radius 3 is 2.60 bits per heavy atom. The number of nitrogens with zero attached hydrogens (tertiary/aromatic N) is 8. The van der Waals surface area contributed by atoms with Crippen molar-refractivity contribution in [3.63, 3.8) is 0 Å². The molecule has 5 aromatic heterocycles. The molecule has 0 aromatic carbocycles. The van der Waals surface area contributed by atoms with E-state index in [1.54, 1.807) is 33.7 Å². The lowest BCUT2D eigenvalue weighted by atomic mass is 9.97. The van der Waals surface area contributed by atoms with Gasteiger partial charge in [0.15, 0.2) is 0 Å². The smallest absolute Gasteiger partial charge is 0.271 e. The molecule has 42 heavy (non-hydrogen) atoms. The number of nitriles is 1. The van der Waals surface area contributed by atoms with Gasteiger partial charge in [-0.05, 0) is 68.0 Å². The topological polar surface area (TPSA) is 117 Å². The van der Waals surface area contributed by atoms with Crippen LogP contribution in [0.4, 0.5) is 5.82 Å². The zero-order chi connectivity index (χ0) is 29.0. The molecule has 1 aliphatic heterocycles. The molecule has 0 bridgehead atoms. The second-order valence-electron chi connectivity index (χ2n) is 11.6. The normalized spacial score (nSPS) is 21.4. The minimum Gasteiger partial charge on any atom is -0.356 e. The first kappa shape index (κ1) is 26.2. The van der Waals surface area contributed by atoms with Crippen molar-refractivity contribution in [3.8, 4) is 28.5 Å². The van der Waals surface area contributed by atoms with Crippen LogP contribution in [0.2, 0.25) is 5.02 Å². The molecule has 6 heterocycles. The van der Waals surface area contributed by atoms with Crippen LogP contribution in [0.5, 0.6) is 0 Å². The summed E-state index contributed by atoms with van der Waals surface area (Å²) < 4.78 is 3.50. The largest absolute Gasteiger partial charge is 0.356 e. The summed E-state index contributed by atoms with van der Waals surface area (Å²) in [5.41, 5.74) is 4.74. The first-order valence-electron chi connectivity index (χ1n) is 13.9. The Morgan fingerprint density at radius 1 is 1.12 bits per heavy atom. The van der Waals surface area contributed by atoms with Gasteiger partial charge in [-0.15, -0.1) is 0 Å². The van der Waals surface area contributed by atoms with Gasteiger partial charge in [-0.2, -0.15) is 15.5 Å². The van der Waals surface area contributed by atoms with E-state index in [0.717, 1.165) is 59.7 Å². The first-order chi connectivity index (χ1) is 20.3. The van der Waals surface area contributed by atoms with E-state index < -0.39 is 0 Å². The number of anilines is 1. The maximum Gasteiger partial charge on any atom is 0.271 e. The highest BCUT2D eigenvalue weighted by atomic mass is 35.5. The zero-order valence-corrected chi connectivity index (χ0v) is 24.0. The summed E-state index contributed by atoms with van der Waals surface area (Å²) in [7, 11) is 1.88. The molecule has 11 heteroatoms. The van der Waals surface area contributed by atoms with E-state index in [0.29, 0.717) is 22.4 Å². The van der Waals surface area contributed by atoms with Crippen molar-refractivity contribution in [2.24, 2.45) is 18.9 Å². The SMILES string of the molecule is Cn1ccc(-c2cc(-c3ccc(N4C[C@@H]5CC(C)(NC(=O)c6ncccc6Cl)C[C@@H]5C4)nc3)c3c(C#N)cnn3c2)n1. The summed E-state index contributed by atoms with van der Waals surface area (Å²) in [6, 6.07) is 13.8. The summed E-state index contributed by atoms with van der Waals surface area (Å²) in [4.78, 5) is 24.2. The van der Waals surface area contributed by atoms with Crippen LogP contribution >= 0.6 is 11.6 Å². The predicted molar refractivity (Wildman–Crippen MR) is 159 cm³/mol. The third-order valence-corrected chi connectivity index (χ3v) is 8.82. The van der Waals surface area contributed by atoms with Crippen LogP contribution < -0.4 is 10.2 Å². The van der Waals surface area contributed by atoms with Gasteiger partial charge in [0.1, 0.15) is 17.6 Å². The van der Waals surface area contributed by atoms with Crippen molar-refractivity contribution in [2.45, 2.75) is 25.3 Å². The van der Waals surface area contributed by atoms with Crippen LogP contribution in [0.1, 0.15) is 35.8 Å². The number of amides is 1.